The first-order valence-electron chi connectivity index (χ1n) is 7.03. The van der Waals surface area contributed by atoms with Gasteiger partial charge < -0.3 is 20.9 Å². The fourth-order valence-corrected chi connectivity index (χ4v) is 2.03. The van der Waals surface area contributed by atoms with E-state index >= 15 is 0 Å². The summed E-state index contributed by atoms with van der Waals surface area (Å²) in [4.78, 5) is 21.9. The lowest BCUT2D eigenvalue weighted by Gasteiger charge is -2.30. The third-order valence-electron chi connectivity index (χ3n) is 3.25. The van der Waals surface area contributed by atoms with Gasteiger partial charge in [-0.05, 0) is 30.7 Å². The minimum absolute atomic E-state index is 0.0322. The van der Waals surface area contributed by atoms with Crippen molar-refractivity contribution in [2.45, 2.75) is 40.0 Å². The molecule has 0 aromatic heterocycles. The molecule has 0 saturated heterocycles. The van der Waals surface area contributed by atoms with E-state index in [0.717, 1.165) is 12.8 Å². The van der Waals surface area contributed by atoms with Crippen LogP contribution in [0.15, 0.2) is 0 Å². The minimum atomic E-state index is -1.01. The number of carbonyl (C=O) groups excluding carboxylic acids is 1. The van der Waals surface area contributed by atoms with E-state index in [1.807, 2.05) is 0 Å². The van der Waals surface area contributed by atoms with Crippen molar-refractivity contribution in [1.29, 1.82) is 0 Å². The number of carbonyl (C=O) groups is 2. The summed E-state index contributed by atoms with van der Waals surface area (Å²) >= 11 is 0. The van der Waals surface area contributed by atoms with Crippen molar-refractivity contribution >= 4 is 11.9 Å². The van der Waals surface area contributed by atoms with Crippen LogP contribution in [0.25, 0.3) is 0 Å². The summed E-state index contributed by atoms with van der Waals surface area (Å²) in [5.41, 5.74) is 5.75. The number of carboxylic acid groups (broad SMARTS) is 1. The highest BCUT2D eigenvalue weighted by molar-refractivity contribution is 5.75. The van der Waals surface area contributed by atoms with E-state index in [0.29, 0.717) is 25.4 Å². The molecule has 0 aliphatic rings. The number of nitrogens with two attached hydrogens (primary N) is 1. The Morgan fingerprint density at radius 3 is 2.45 bits per heavy atom. The van der Waals surface area contributed by atoms with Gasteiger partial charge in [-0.1, -0.05) is 20.8 Å². The second-order valence-corrected chi connectivity index (χ2v) is 5.98. The number of hydrogen-bond acceptors (Lipinski definition) is 4. The molecule has 1 amide bonds. The second-order valence-electron chi connectivity index (χ2n) is 5.98. The standard InChI is InChI=1S/C14H28N2O4/c1-14(2,3)11(6-7-15)4-5-12(17)16-8-9-20-10-13(18)19/h11H,4-10,15H2,1-3H3,(H,16,17)(H,18,19). The molecule has 0 aromatic carbocycles. The maximum atomic E-state index is 11.7. The van der Waals surface area contributed by atoms with Gasteiger partial charge in [-0.15, -0.1) is 0 Å². The second kappa shape index (κ2) is 9.72. The summed E-state index contributed by atoms with van der Waals surface area (Å²) in [5, 5.41) is 11.1. The summed E-state index contributed by atoms with van der Waals surface area (Å²) in [6.07, 6.45) is 2.18. The Labute approximate surface area is 121 Å². The summed E-state index contributed by atoms with van der Waals surface area (Å²) in [7, 11) is 0. The molecular formula is C14H28N2O4. The summed E-state index contributed by atoms with van der Waals surface area (Å²) in [6, 6.07) is 0. The first kappa shape index (κ1) is 18.9. The molecule has 6 heteroatoms. The fraction of sp³-hybridized carbons (Fsp3) is 0.857. The number of amides is 1. The van der Waals surface area contributed by atoms with Crippen LogP contribution in [0.3, 0.4) is 0 Å². The predicted molar refractivity (Wildman–Crippen MR) is 77.3 cm³/mol. The normalized spacial score (nSPS) is 13.0. The van der Waals surface area contributed by atoms with Crippen LogP contribution in [0.1, 0.15) is 40.0 Å². The Balaban J connectivity index is 3.82. The molecule has 0 bridgehead atoms. The van der Waals surface area contributed by atoms with Gasteiger partial charge in [-0.25, -0.2) is 4.79 Å². The van der Waals surface area contributed by atoms with Crippen LogP contribution < -0.4 is 11.1 Å². The topological polar surface area (TPSA) is 102 Å². The van der Waals surface area contributed by atoms with Crippen molar-refractivity contribution in [1.82, 2.24) is 5.32 Å². The number of nitrogens with one attached hydrogen (secondary N) is 1. The van der Waals surface area contributed by atoms with Crippen LogP contribution in [0.2, 0.25) is 0 Å². The average molecular weight is 288 g/mol. The number of aliphatic carboxylic acids is 1. The molecule has 118 valence electrons. The number of ether oxygens (including phenoxy) is 1. The van der Waals surface area contributed by atoms with E-state index in [9.17, 15) is 9.59 Å². The van der Waals surface area contributed by atoms with E-state index < -0.39 is 5.97 Å². The number of hydrogen-bond donors (Lipinski definition) is 3. The maximum Gasteiger partial charge on any atom is 0.329 e. The van der Waals surface area contributed by atoms with E-state index in [-0.39, 0.29) is 24.5 Å². The monoisotopic (exact) mass is 288 g/mol. The van der Waals surface area contributed by atoms with Gasteiger partial charge in [-0.2, -0.15) is 0 Å². The lowest BCUT2D eigenvalue weighted by Crippen LogP contribution is -2.30. The highest BCUT2D eigenvalue weighted by Gasteiger charge is 2.24. The van der Waals surface area contributed by atoms with Crippen molar-refractivity contribution in [3.8, 4) is 0 Å². The molecule has 0 saturated carbocycles. The van der Waals surface area contributed by atoms with Crippen molar-refractivity contribution in [2.24, 2.45) is 17.1 Å². The van der Waals surface area contributed by atoms with Crippen LogP contribution in [0.5, 0.6) is 0 Å². The van der Waals surface area contributed by atoms with Gasteiger partial charge in [0.2, 0.25) is 5.91 Å². The lowest BCUT2D eigenvalue weighted by atomic mass is 9.76. The highest BCUT2D eigenvalue weighted by atomic mass is 16.5. The van der Waals surface area contributed by atoms with Gasteiger partial charge in [-0.3, -0.25) is 4.79 Å². The number of rotatable bonds is 10. The first-order valence-corrected chi connectivity index (χ1v) is 7.03. The van der Waals surface area contributed by atoms with Crippen molar-refractivity contribution in [3.05, 3.63) is 0 Å². The Morgan fingerprint density at radius 1 is 1.30 bits per heavy atom. The van der Waals surface area contributed by atoms with Gasteiger partial charge in [0.05, 0.1) is 6.61 Å². The van der Waals surface area contributed by atoms with E-state index in [1.165, 1.54) is 0 Å². The van der Waals surface area contributed by atoms with Gasteiger partial charge in [0.15, 0.2) is 0 Å². The van der Waals surface area contributed by atoms with Gasteiger partial charge in [0, 0.05) is 13.0 Å². The van der Waals surface area contributed by atoms with Crippen molar-refractivity contribution < 1.29 is 19.4 Å². The van der Waals surface area contributed by atoms with Gasteiger partial charge in [0.25, 0.3) is 0 Å². The third kappa shape index (κ3) is 9.75. The van der Waals surface area contributed by atoms with Crippen LogP contribution in [0, 0.1) is 11.3 Å². The zero-order chi connectivity index (χ0) is 15.6. The third-order valence-corrected chi connectivity index (χ3v) is 3.25. The molecule has 4 N–H and O–H groups in total. The molecule has 0 aromatic rings. The Kier molecular flexibility index (Phi) is 9.16. The maximum absolute atomic E-state index is 11.7. The molecule has 20 heavy (non-hydrogen) atoms. The average Bonchev–Trinajstić information content (AvgIpc) is 2.32. The van der Waals surface area contributed by atoms with E-state index in [2.05, 4.69) is 26.1 Å². The van der Waals surface area contributed by atoms with E-state index in [1.54, 1.807) is 0 Å². The number of carboxylic acids is 1. The molecule has 0 rings (SSSR count). The summed E-state index contributed by atoms with van der Waals surface area (Å²) < 4.78 is 4.83. The largest absolute Gasteiger partial charge is 0.480 e. The predicted octanol–water partition coefficient (Wildman–Crippen LogP) is 0.995. The molecule has 0 heterocycles. The Morgan fingerprint density at radius 2 is 1.95 bits per heavy atom. The fourth-order valence-electron chi connectivity index (χ4n) is 2.03. The molecule has 0 fully saturated rings. The zero-order valence-corrected chi connectivity index (χ0v) is 12.8. The molecular weight excluding hydrogens is 260 g/mol. The quantitative estimate of drug-likeness (QED) is 0.520. The SMILES string of the molecule is CC(C)(C)C(CCN)CCC(=O)NCCOCC(=O)O. The highest BCUT2D eigenvalue weighted by Crippen LogP contribution is 2.31. The Hall–Kier alpha value is -1.14. The summed E-state index contributed by atoms with van der Waals surface area (Å²) in [6.45, 7) is 7.32. The Bertz CT molecular complexity index is 300. The van der Waals surface area contributed by atoms with Crippen molar-refractivity contribution in [3.63, 3.8) is 0 Å². The molecule has 0 radical (unpaired) electrons. The van der Waals surface area contributed by atoms with Crippen LogP contribution in [0.4, 0.5) is 0 Å². The van der Waals surface area contributed by atoms with Crippen LogP contribution in [-0.2, 0) is 14.3 Å². The van der Waals surface area contributed by atoms with Crippen molar-refractivity contribution in [2.75, 3.05) is 26.3 Å². The smallest absolute Gasteiger partial charge is 0.329 e. The van der Waals surface area contributed by atoms with Gasteiger partial charge >= 0.3 is 5.97 Å². The summed E-state index contributed by atoms with van der Waals surface area (Å²) in [5.74, 6) is -0.622. The van der Waals surface area contributed by atoms with Gasteiger partial charge in [0.1, 0.15) is 6.61 Å². The van der Waals surface area contributed by atoms with Crippen LogP contribution in [-0.4, -0.2) is 43.3 Å². The lowest BCUT2D eigenvalue weighted by molar-refractivity contribution is -0.142. The molecule has 6 nitrogen and oxygen atoms in total. The zero-order valence-electron chi connectivity index (χ0n) is 12.8. The van der Waals surface area contributed by atoms with Crippen LogP contribution >= 0.6 is 0 Å². The molecule has 1 atom stereocenters. The molecule has 0 spiro atoms. The van der Waals surface area contributed by atoms with E-state index in [4.69, 9.17) is 15.6 Å². The first-order chi connectivity index (χ1) is 9.27. The molecule has 1 unspecified atom stereocenters. The molecule has 0 aliphatic heterocycles. The minimum Gasteiger partial charge on any atom is -0.480 e. The molecule has 0 aliphatic carbocycles.